The van der Waals surface area contributed by atoms with E-state index in [1.54, 1.807) is 11.0 Å². The molecule has 3 rings (SSSR count). The lowest BCUT2D eigenvalue weighted by molar-refractivity contribution is -0.0405. The number of nitrogens with one attached hydrogen (secondary N) is 1. The lowest BCUT2D eigenvalue weighted by atomic mass is 10.1. The fourth-order valence-electron chi connectivity index (χ4n) is 3.04. The molecular formula is C15H18Cl2N2O3. The van der Waals surface area contributed by atoms with Crippen LogP contribution in [-0.4, -0.2) is 48.4 Å². The lowest BCUT2D eigenvalue weighted by Gasteiger charge is -2.33. The molecular weight excluding hydrogens is 327 g/mol. The van der Waals surface area contributed by atoms with E-state index < -0.39 is 0 Å². The molecule has 120 valence electrons. The molecule has 1 fully saturated rings. The fourth-order valence-corrected chi connectivity index (χ4v) is 3.48. The maximum atomic E-state index is 12.4. The molecule has 0 unspecified atom stereocenters. The van der Waals surface area contributed by atoms with Gasteiger partial charge in [-0.2, -0.15) is 0 Å². The van der Waals surface area contributed by atoms with Gasteiger partial charge in [0.15, 0.2) is 0 Å². The van der Waals surface area contributed by atoms with E-state index in [0.29, 0.717) is 29.7 Å². The van der Waals surface area contributed by atoms with E-state index in [1.807, 2.05) is 6.07 Å². The summed E-state index contributed by atoms with van der Waals surface area (Å²) in [5, 5.41) is 13.3. The predicted molar refractivity (Wildman–Crippen MR) is 84.5 cm³/mol. The molecule has 2 atom stereocenters. The number of hydrogen-bond acceptors (Lipinski definition) is 3. The van der Waals surface area contributed by atoms with E-state index in [0.717, 1.165) is 24.0 Å². The summed E-state index contributed by atoms with van der Waals surface area (Å²) in [6.45, 7) is 1.30. The number of fused-ring (bicyclic) bond motifs is 1. The van der Waals surface area contributed by atoms with Crippen molar-refractivity contribution in [3.05, 3.63) is 33.3 Å². The number of hydrogen-bond donors (Lipinski definition) is 2. The first-order chi connectivity index (χ1) is 10.6. The summed E-state index contributed by atoms with van der Waals surface area (Å²) in [6.07, 6.45) is 1.32. The fraction of sp³-hybridized carbons (Fsp3) is 0.533. The van der Waals surface area contributed by atoms with Crippen molar-refractivity contribution in [2.75, 3.05) is 26.3 Å². The van der Waals surface area contributed by atoms with Gasteiger partial charge in [0.1, 0.15) is 0 Å². The highest BCUT2D eigenvalue weighted by Crippen LogP contribution is 2.39. The predicted octanol–water partition coefficient (Wildman–Crippen LogP) is 2.38. The molecule has 2 amide bonds. The minimum atomic E-state index is -0.302. The Hall–Kier alpha value is -1.01. The monoisotopic (exact) mass is 344 g/mol. The summed E-state index contributed by atoms with van der Waals surface area (Å²) in [5.74, 6) is 0. The van der Waals surface area contributed by atoms with Crippen LogP contribution in [0.25, 0.3) is 0 Å². The summed E-state index contributed by atoms with van der Waals surface area (Å²) in [6, 6.07) is 3.51. The number of urea groups is 1. The molecule has 0 saturated carbocycles. The van der Waals surface area contributed by atoms with Gasteiger partial charge in [-0.1, -0.05) is 29.3 Å². The third kappa shape index (κ3) is 3.04. The van der Waals surface area contributed by atoms with Gasteiger partial charge in [0.2, 0.25) is 0 Å². The Morgan fingerprint density at radius 3 is 3.05 bits per heavy atom. The third-order valence-corrected chi connectivity index (χ3v) is 5.06. The summed E-state index contributed by atoms with van der Waals surface area (Å²) in [4.78, 5) is 14.1. The highest BCUT2D eigenvalue weighted by atomic mass is 35.5. The quantitative estimate of drug-likeness (QED) is 0.865. The molecule has 7 heteroatoms. The number of aliphatic hydroxyl groups is 1. The van der Waals surface area contributed by atoms with Gasteiger partial charge < -0.3 is 20.1 Å². The second-order valence-electron chi connectivity index (χ2n) is 5.59. The number of carbonyl (C=O) groups excluding carboxylic acids is 1. The Bertz CT molecular complexity index is 582. The molecule has 2 N–H and O–H groups in total. The molecule has 0 spiro atoms. The van der Waals surface area contributed by atoms with Gasteiger partial charge in [0.05, 0.1) is 41.9 Å². The zero-order valence-electron chi connectivity index (χ0n) is 12.0. The van der Waals surface area contributed by atoms with Gasteiger partial charge in [-0.25, -0.2) is 4.79 Å². The number of halogens is 2. The molecule has 1 heterocycles. The molecule has 0 radical (unpaired) electrons. The van der Waals surface area contributed by atoms with Crippen molar-refractivity contribution >= 4 is 29.2 Å². The highest BCUT2D eigenvalue weighted by molar-refractivity contribution is 6.42. The van der Waals surface area contributed by atoms with Crippen molar-refractivity contribution in [2.45, 2.75) is 25.0 Å². The Morgan fingerprint density at radius 2 is 2.27 bits per heavy atom. The first kappa shape index (κ1) is 15.9. The zero-order valence-corrected chi connectivity index (χ0v) is 13.5. The van der Waals surface area contributed by atoms with Gasteiger partial charge in [-0.15, -0.1) is 0 Å². The number of aliphatic hydroxyl groups excluding tert-OH is 1. The molecule has 2 aliphatic rings. The summed E-state index contributed by atoms with van der Waals surface area (Å²) >= 11 is 12.3. The first-order valence-corrected chi connectivity index (χ1v) is 8.10. The van der Waals surface area contributed by atoms with E-state index in [-0.39, 0.29) is 24.8 Å². The largest absolute Gasteiger partial charge is 0.394 e. The summed E-state index contributed by atoms with van der Waals surface area (Å²) < 4.78 is 5.36. The maximum absolute atomic E-state index is 12.4. The first-order valence-electron chi connectivity index (χ1n) is 7.35. The Morgan fingerprint density at radius 1 is 1.45 bits per heavy atom. The standard InChI is InChI=1S/C15H18Cl2N2O3/c16-12-3-1-10-11(14(12)17)2-4-13(10)18-15(21)19-5-6-22-9(7-19)8-20/h1,3,9,13,20H,2,4-8H2,(H,18,21)/t9-,13+/m0/s1. The van der Waals surface area contributed by atoms with Gasteiger partial charge in [0.25, 0.3) is 0 Å². The second kappa shape index (κ2) is 6.62. The van der Waals surface area contributed by atoms with Crippen LogP contribution in [0.3, 0.4) is 0 Å². The number of nitrogens with zero attached hydrogens (tertiary/aromatic N) is 1. The molecule has 1 aliphatic heterocycles. The van der Waals surface area contributed by atoms with E-state index in [4.69, 9.17) is 33.0 Å². The molecule has 0 aromatic heterocycles. The van der Waals surface area contributed by atoms with Gasteiger partial charge in [0, 0.05) is 6.54 Å². The Balaban J connectivity index is 1.68. The maximum Gasteiger partial charge on any atom is 0.318 e. The number of carbonyl (C=O) groups is 1. The van der Waals surface area contributed by atoms with Gasteiger partial charge in [-0.05, 0) is 30.0 Å². The third-order valence-electron chi connectivity index (χ3n) is 4.22. The van der Waals surface area contributed by atoms with Crippen LogP contribution < -0.4 is 5.32 Å². The van der Waals surface area contributed by atoms with Crippen molar-refractivity contribution in [2.24, 2.45) is 0 Å². The molecule has 1 aromatic rings. The SMILES string of the molecule is O=C(N[C@@H]1CCc2c1ccc(Cl)c2Cl)N1CCO[C@H](CO)C1. The molecule has 0 bridgehead atoms. The lowest BCUT2D eigenvalue weighted by Crippen LogP contribution is -2.51. The molecule has 5 nitrogen and oxygen atoms in total. The van der Waals surface area contributed by atoms with Crippen molar-refractivity contribution in [3.63, 3.8) is 0 Å². The van der Waals surface area contributed by atoms with Crippen LogP contribution in [0.5, 0.6) is 0 Å². The summed E-state index contributed by atoms with van der Waals surface area (Å²) in [5.41, 5.74) is 2.06. The Labute approximate surface area is 139 Å². The van der Waals surface area contributed by atoms with Crippen molar-refractivity contribution < 1.29 is 14.6 Å². The van der Waals surface area contributed by atoms with Crippen LogP contribution >= 0.6 is 23.2 Å². The average Bonchev–Trinajstić information content (AvgIpc) is 2.94. The van der Waals surface area contributed by atoms with E-state index in [2.05, 4.69) is 5.32 Å². The van der Waals surface area contributed by atoms with Crippen molar-refractivity contribution in [1.82, 2.24) is 10.2 Å². The van der Waals surface area contributed by atoms with Crippen LogP contribution in [0.1, 0.15) is 23.6 Å². The highest BCUT2D eigenvalue weighted by Gasteiger charge is 2.30. The van der Waals surface area contributed by atoms with Crippen LogP contribution in [0.15, 0.2) is 12.1 Å². The normalized spacial score (nSPS) is 24.2. The number of rotatable bonds is 2. The topological polar surface area (TPSA) is 61.8 Å². The Kier molecular flexibility index (Phi) is 4.78. The van der Waals surface area contributed by atoms with E-state index in [1.165, 1.54) is 0 Å². The van der Waals surface area contributed by atoms with Gasteiger partial charge >= 0.3 is 6.03 Å². The number of benzene rings is 1. The van der Waals surface area contributed by atoms with Crippen molar-refractivity contribution in [1.29, 1.82) is 0 Å². The smallest absolute Gasteiger partial charge is 0.318 e. The van der Waals surface area contributed by atoms with Crippen molar-refractivity contribution in [3.8, 4) is 0 Å². The zero-order chi connectivity index (χ0) is 15.7. The molecule has 1 aliphatic carbocycles. The minimum Gasteiger partial charge on any atom is -0.394 e. The van der Waals surface area contributed by atoms with Crippen LogP contribution in [0, 0.1) is 0 Å². The number of ether oxygens (including phenoxy) is 1. The second-order valence-corrected chi connectivity index (χ2v) is 6.38. The van der Waals surface area contributed by atoms with Crippen LogP contribution in [0.4, 0.5) is 4.79 Å². The number of morpholine rings is 1. The minimum absolute atomic E-state index is 0.0484. The average molecular weight is 345 g/mol. The molecule has 1 saturated heterocycles. The van der Waals surface area contributed by atoms with Crippen LogP contribution in [0.2, 0.25) is 10.0 Å². The van der Waals surface area contributed by atoms with Crippen LogP contribution in [-0.2, 0) is 11.2 Å². The van der Waals surface area contributed by atoms with Gasteiger partial charge in [-0.3, -0.25) is 0 Å². The van der Waals surface area contributed by atoms with E-state index >= 15 is 0 Å². The molecule has 22 heavy (non-hydrogen) atoms. The number of amides is 2. The molecule has 1 aromatic carbocycles. The summed E-state index contributed by atoms with van der Waals surface area (Å²) in [7, 11) is 0. The van der Waals surface area contributed by atoms with E-state index in [9.17, 15) is 4.79 Å².